The summed E-state index contributed by atoms with van der Waals surface area (Å²) >= 11 is 0. The minimum absolute atomic E-state index is 0.0777. The van der Waals surface area contributed by atoms with E-state index in [1.54, 1.807) is 4.90 Å². The van der Waals surface area contributed by atoms with Crippen LogP contribution in [0, 0.1) is 0 Å². The van der Waals surface area contributed by atoms with Crippen molar-refractivity contribution in [2.24, 2.45) is 0 Å². The van der Waals surface area contributed by atoms with E-state index < -0.39 is 5.60 Å². The van der Waals surface area contributed by atoms with Crippen molar-refractivity contribution in [1.82, 2.24) is 10.2 Å². The summed E-state index contributed by atoms with van der Waals surface area (Å²) in [7, 11) is 0. The molecule has 0 aromatic carbocycles. The maximum absolute atomic E-state index is 11.8. The molecule has 104 valence electrons. The Bertz CT molecular complexity index is 273. The minimum Gasteiger partial charge on any atom is -0.388 e. The Morgan fingerprint density at radius 2 is 1.78 bits per heavy atom. The van der Waals surface area contributed by atoms with Gasteiger partial charge in [0.2, 0.25) is 5.91 Å². The van der Waals surface area contributed by atoms with Crippen molar-refractivity contribution in [2.75, 3.05) is 52.6 Å². The molecule has 0 aliphatic carbocycles. The van der Waals surface area contributed by atoms with Gasteiger partial charge in [-0.15, -0.1) is 0 Å². The number of hydrogen-bond donors (Lipinski definition) is 2. The van der Waals surface area contributed by atoms with Crippen molar-refractivity contribution in [1.29, 1.82) is 0 Å². The third-order valence-corrected chi connectivity index (χ3v) is 3.52. The average Bonchev–Trinajstić information content (AvgIpc) is 2.40. The van der Waals surface area contributed by atoms with Crippen LogP contribution in [0.5, 0.6) is 0 Å². The number of carbonyl (C=O) groups excluding carboxylic acids is 1. The van der Waals surface area contributed by atoms with Crippen LogP contribution in [0.4, 0.5) is 0 Å². The first kappa shape index (κ1) is 13.7. The highest BCUT2D eigenvalue weighted by Crippen LogP contribution is 2.19. The van der Waals surface area contributed by atoms with Gasteiger partial charge in [0.05, 0.1) is 25.4 Å². The number of nitrogens with one attached hydrogen (secondary N) is 1. The fraction of sp³-hybridized carbons (Fsp3) is 0.917. The van der Waals surface area contributed by atoms with Gasteiger partial charge in [0.1, 0.15) is 0 Å². The summed E-state index contributed by atoms with van der Waals surface area (Å²) in [5.41, 5.74) is -0.719. The molecule has 2 heterocycles. The molecule has 0 unspecified atom stereocenters. The Morgan fingerprint density at radius 3 is 2.44 bits per heavy atom. The predicted octanol–water partition coefficient (Wildman–Crippen LogP) is -1.02. The van der Waals surface area contributed by atoms with Crippen molar-refractivity contribution < 1.29 is 19.4 Å². The second-order valence-electron chi connectivity index (χ2n) is 4.93. The third kappa shape index (κ3) is 3.91. The van der Waals surface area contributed by atoms with Gasteiger partial charge in [-0.3, -0.25) is 4.79 Å². The smallest absolute Gasteiger partial charge is 0.236 e. The summed E-state index contributed by atoms with van der Waals surface area (Å²) in [6.45, 7) is 4.48. The molecule has 0 bridgehead atoms. The fourth-order valence-electron chi connectivity index (χ4n) is 2.25. The predicted molar refractivity (Wildman–Crippen MR) is 65.3 cm³/mol. The average molecular weight is 258 g/mol. The number of ether oxygens (including phenoxy) is 2. The molecule has 2 fully saturated rings. The van der Waals surface area contributed by atoms with E-state index >= 15 is 0 Å². The maximum atomic E-state index is 11.8. The van der Waals surface area contributed by atoms with E-state index in [-0.39, 0.29) is 12.5 Å². The quantitative estimate of drug-likeness (QED) is 0.675. The second-order valence-corrected chi connectivity index (χ2v) is 4.93. The van der Waals surface area contributed by atoms with Crippen LogP contribution in [-0.4, -0.2) is 74.1 Å². The lowest BCUT2D eigenvalue weighted by atomic mass is 9.94. The molecule has 2 saturated heterocycles. The summed E-state index contributed by atoms with van der Waals surface area (Å²) in [5, 5.41) is 13.3. The first-order chi connectivity index (χ1) is 8.70. The highest BCUT2D eigenvalue weighted by molar-refractivity contribution is 5.78. The van der Waals surface area contributed by atoms with Gasteiger partial charge in [0.15, 0.2) is 0 Å². The van der Waals surface area contributed by atoms with Gasteiger partial charge in [-0.2, -0.15) is 0 Å². The molecule has 2 aliphatic rings. The zero-order valence-electron chi connectivity index (χ0n) is 10.7. The number of carbonyl (C=O) groups is 1. The monoisotopic (exact) mass is 258 g/mol. The van der Waals surface area contributed by atoms with Crippen LogP contribution in [0.1, 0.15) is 12.8 Å². The van der Waals surface area contributed by atoms with E-state index in [0.717, 1.165) is 0 Å². The fourth-order valence-corrected chi connectivity index (χ4v) is 2.25. The van der Waals surface area contributed by atoms with Crippen LogP contribution in [0.3, 0.4) is 0 Å². The molecule has 2 N–H and O–H groups in total. The van der Waals surface area contributed by atoms with Crippen LogP contribution < -0.4 is 5.32 Å². The molecule has 0 aromatic rings. The van der Waals surface area contributed by atoms with Gasteiger partial charge in [-0.05, 0) is 0 Å². The number of hydrogen-bond acceptors (Lipinski definition) is 5. The van der Waals surface area contributed by atoms with E-state index in [9.17, 15) is 9.90 Å². The number of nitrogens with zero attached hydrogens (tertiary/aromatic N) is 1. The van der Waals surface area contributed by atoms with Crippen LogP contribution in [-0.2, 0) is 14.3 Å². The van der Waals surface area contributed by atoms with Gasteiger partial charge < -0.3 is 24.8 Å². The van der Waals surface area contributed by atoms with Crippen molar-refractivity contribution >= 4 is 5.91 Å². The summed E-state index contributed by atoms with van der Waals surface area (Å²) in [4.78, 5) is 13.6. The lowest BCUT2D eigenvalue weighted by Crippen LogP contribution is -2.49. The summed E-state index contributed by atoms with van der Waals surface area (Å²) in [6, 6.07) is 0. The van der Waals surface area contributed by atoms with Gasteiger partial charge in [-0.1, -0.05) is 0 Å². The van der Waals surface area contributed by atoms with Gasteiger partial charge in [0, 0.05) is 45.7 Å². The Morgan fingerprint density at radius 1 is 1.17 bits per heavy atom. The molecule has 6 nitrogen and oxygen atoms in total. The molecule has 0 aromatic heterocycles. The number of morpholine rings is 1. The first-order valence-electron chi connectivity index (χ1n) is 6.56. The van der Waals surface area contributed by atoms with E-state index in [4.69, 9.17) is 9.47 Å². The summed E-state index contributed by atoms with van der Waals surface area (Å²) in [5.74, 6) is 0.0777. The third-order valence-electron chi connectivity index (χ3n) is 3.52. The number of aliphatic hydroxyl groups is 1. The van der Waals surface area contributed by atoms with Crippen LogP contribution in [0.2, 0.25) is 0 Å². The molecule has 0 spiro atoms. The summed E-state index contributed by atoms with van der Waals surface area (Å²) < 4.78 is 10.4. The van der Waals surface area contributed by atoms with E-state index in [2.05, 4.69) is 5.32 Å². The van der Waals surface area contributed by atoms with Crippen molar-refractivity contribution in [3.8, 4) is 0 Å². The van der Waals surface area contributed by atoms with Gasteiger partial charge in [0.25, 0.3) is 0 Å². The topological polar surface area (TPSA) is 71.0 Å². The Kier molecular flexibility index (Phi) is 4.94. The van der Waals surface area contributed by atoms with Crippen molar-refractivity contribution in [2.45, 2.75) is 18.4 Å². The van der Waals surface area contributed by atoms with Crippen molar-refractivity contribution in [3.63, 3.8) is 0 Å². The van der Waals surface area contributed by atoms with Crippen LogP contribution in [0.15, 0.2) is 0 Å². The standard InChI is InChI=1S/C12H22N2O4/c15-11(14-3-7-18-8-4-14)9-13-10-12(16)1-5-17-6-2-12/h13,16H,1-10H2. The van der Waals surface area contributed by atoms with E-state index in [1.807, 2.05) is 0 Å². The number of rotatable bonds is 4. The van der Waals surface area contributed by atoms with Gasteiger partial charge in [-0.25, -0.2) is 0 Å². The molecular weight excluding hydrogens is 236 g/mol. The molecule has 0 radical (unpaired) electrons. The van der Waals surface area contributed by atoms with E-state index in [0.29, 0.717) is 58.9 Å². The zero-order chi connectivity index (χ0) is 12.8. The highest BCUT2D eigenvalue weighted by atomic mass is 16.5. The molecule has 6 heteroatoms. The van der Waals surface area contributed by atoms with Crippen LogP contribution >= 0.6 is 0 Å². The summed E-state index contributed by atoms with van der Waals surface area (Å²) in [6.07, 6.45) is 1.26. The molecular formula is C12H22N2O4. The van der Waals surface area contributed by atoms with Crippen LogP contribution in [0.25, 0.3) is 0 Å². The Balaban J connectivity index is 1.66. The lowest BCUT2D eigenvalue weighted by Gasteiger charge is -2.32. The maximum Gasteiger partial charge on any atom is 0.236 e. The van der Waals surface area contributed by atoms with E-state index in [1.165, 1.54) is 0 Å². The second kappa shape index (κ2) is 6.47. The normalized spacial score (nSPS) is 23.9. The van der Waals surface area contributed by atoms with Gasteiger partial charge >= 0.3 is 0 Å². The molecule has 2 aliphatic heterocycles. The Labute approximate surface area is 107 Å². The SMILES string of the molecule is O=C(CNCC1(O)CCOCC1)N1CCOCC1. The number of amides is 1. The molecule has 0 atom stereocenters. The zero-order valence-corrected chi connectivity index (χ0v) is 10.7. The molecule has 2 rings (SSSR count). The highest BCUT2D eigenvalue weighted by Gasteiger charge is 2.29. The molecule has 18 heavy (non-hydrogen) atoms. The first-order valence-corrected chi connectivity index (χ1v) is 6.56. The Hall–Kier alpha value is -0.690. The molecule has 1 amide bonds. The largest absolute Gasteiger partial charge is 0.388 e. The molecule has 0 saturated carbocycles. The minimum atomic E-state index is -0.719. The van der Waals surface area contributed by atoms with Crippen molar-refractivity contribution in [3.05, 3.63) is 0 Å². The lowest BCUT2D eigenvalue weighted by molar-refractivity contribution is -0.134.